The fraction of sp³-hybridized carbons (Fsp3) is 0.0769. The zero-order valence-corrected chi connectivity index (χ0v) is 9.78. The molecular formula is C13H11N3O2. The SMILES string of the molecule is Cc1ccc(N=Nc2ccc([N+](=O)[O-])cc2)cc1. The summed E-state index contributed by atoms with van der Waals surface area (Å²) < 4.78 is 0. The zero-order chi connectivity index (χ0) is 13.0. The van der Waals surface area contributed by atoms with E-state index in [9.17, 15) is 10.1 Å². The van der Waals surface area contributed by atoms with E-state index in [1.54, 1.807) is 12.1 Å². The highest BCUT2D eigenvalue weighted by molar-refractivity contribution is 5.45. The van der Waals surface area contributed by atoms with Crippen LogP contribution in [0, 0.1) is 17.0 Å². The molecule has 5 heteroatoms. The van der Waals surface area contributed by atoms with E-state index < -0.39 is 4.92 Å². The van der Waals surface area contributed by atoms with E-state index in [0.717, 1.165) is 11.3 Å². The van der Waals surface area contributed by atoms with Crippen molar-refractivity contribution >= 4 is 17.1 Å². The van der Waals surface area contributed by atoms with Crippen molar-refractivity contribution in [2.75, 3.05) is 0 Å². The van der Waals surface area contributed by atoms with Crippen molar-refractivity contribution in [3.63, 3.8) is 0 Å². The topological polar surface area (TPSA) is 67.9 Å². The second-order valence-electron chi connectivity index (χ2n) is 3.81. The van der Waals surface area contributed by atoms with Crippen molar-refractivity contribution in [2.24, 2.45) is 10.2 Å². The Labute approximate surface area is 104 Å². The standard InChI is InChI=1S/C13H11N3O2/c1-10-2-4-11(5-3-10)14-15-12-6-8-13(9-7-12)16(17)18/h2-9H,1H3. The summed E-state index contributed by atoms with van der Waals surface area (Å²) in [6, 6.07) is 13.6. The molecule has 0 saturated heterocycles. The van der Waals surface area contributed by atoms with Crippen molar-refractivity contribution in [2.45, 2.75) is 6.92 Å². The minimum Gasteiger partial charge on any atom is -0.258 e. The number of benzene rings is 2. The molecule has 0 N–H and O–H groups in total. The molecule has 2 aromatic carbocycles. The number of hydrogen-bond donors (Lipinski definition) is 0. The Morgan fingerprint density at radius 3 is 1.78 bits per heavy atom. The van der Waals surface area contributed by atoms with Crippen molar-refractivity contribution < 1.29 is 4.92 Å². The Morgan fingerprint density at radius 1 is 0.889 bits per heavy atom. The fourth-order valence-electron chi connectivity index (χ4n) is 1.37. The maximum absolute atomic E-state index is 10.5. The Hall–Kier alpha value is -2.56. The van der Waals surface area contributed by atoms with E-state index in [1.807, 2.05) is 31.2 Å². The molecule has 0 amide bonds. The molecule has 90 valence electrons. The number of azo groups is 1. The molecule has 18 heavy (non-hydrogen) atoms. The van der Waals surface area contributed by atoms with Crippen molar-refractivity contribution in [3.8, 4) is 0 Å². The van der Waals surface area contributed by atoms with Crippen molar-refractivity contribution in [1.29, 1.82) is 0 Å². The first-order valence-electron chi connectivity index (χ1n) is 5.38. The third-order valence-corrected chi connectivity index (χ3v) is 2.38. The molecule has 0 aromatic heterocycles. The molecule has 0 unspecified atom stereocenters. The molecule has 2 rings (SSSR count). The van der Waals surface area contributed by atoms with Crippen LogP contribution in [0.1, 0.15) is 5.56 Å². The fourth-order valence-corrected chi connectivity index (χ4v) is 1.37. The van der Waals surface area contributed by atoms with Crippen LogP contribution < -0.4 is 0 Å². The summed E-state index contributed by atoms with van der Waals surface area (Å²) >= 11 is 0. The summed E-state index contributed by atoms with van der Waals surface area (Å²) in [5.74, 6) is 0. The lowest BCUT2D eigenvalue weighted by atomic mass is 10.2. The predicted octanol–water partition coefficient (Wildman–Crippen LogP) is 4.32. The average molecular weight is 241 g/mol. The van der Waals surface area contributed by atoms with Crippen molar-refractivity contribution in [3.05, 3.63) is 64.2 Å². The Bertz CT molecular complexity index is 574. The summed E-state index contributed by atoms with van der Waals surface area (Å²) in [7, 11) is 0. The molecule has 0 aliphatic rings. The molecule has 0 aliphatic carbocycles. The highest BCUT2D eigenvalue weighted by atomic mass is 16.6. The largest absolute Gasteiger partial charge is 0.269 e. The lowest BCUT2D eigenvalue weighted by Crippen LogP contribution is -1.85. The normalized spacial score (nSPS) is 10.7. The summed E-state index contributed by atoms with van der Waals surface area (Å²) in [4.78, 5) is 10.0. The van der Waals surface area contributed by atoms with Gasteiger partial charge in [-0.1, -0.05) is 17.7 Å². The molecule has 5 nitrogen and oxygen atoms in total. The monoisotopic (exact) mass is 241 g/mol. The Balaban J connectivity index is 2.13. The van der Waals surface area contributed by atoms with Gasteiger partial charge in [0.1, 0.15) is 0 Å². The number of rotatable bonds is 3. The summed E-state index contributed by atoms with van der Waals surface area (Å²) in [6.45, 7) is 2.00. The van der Waals surface area contributed by atoms with Gasteiger partial charge in [-0.15, -0.1) is 0 Å². The first-order chi connectivity index (χ1) is 8.65. The second kappa shape index (κ2) is 5.18. The van der Waals surface area contributed by atoms with Gasteiger partial charge in [0.15, 0.2) is 0 Å². The summed E-state index contributed by atoms with van der Waals surface area (Å²) in [6.07, 6.45) is 0. The number of non-ortho nitro benzene ring substituents is 1. The van der Waals surface area contributed by atoms with Gasteiger partial charge >= 0.3 is 0 Å². The highest BCUT2D eigenvalue weighted by Crippen LogP contribution is 2.21. The minimum absolute atomic E-state index is 0.0456. The van der Waals surface area contributed by atoms with Gasteiger partial charge < -0.3 is 0 Å². The van der Waals surface area contributed by atoms with E-state index in [4.69, 9.17) is 0 Å². The third-order valence-electron chi connectivity index (χ3n) is 2.38. The van der Waals surface area contributed by atoms with Crippen LogP contribution in [0.2, 0.25) is 0 Å². The maximum atomic E-state index is 10.5. The Morgan fingerprint density at radius 2 is 1.33 bits per heavy atom. The van der Waals surface area contributed by atoms with Crippen LogP contribution in [0.5, 0.6) is 0 Å². The zero-order valence-electron chi connectivity index (χ0n) is 9.78. The molecule has 0 radical (unpaired) electrons. The van der Waals surface area contributed by atoms with Gasteiger partial charge in [-0.05, 0) is 31.2 Å². The number of hydrogen-bond acceptors (Lipinski definition) is 4. The van der Waals surface area contributed by atoms with E-state index in [1.165, 1.54) is 12.1 Å². The van der Waals surface area contributed by atoms with Gasteiger partial charge in [0.05, 0.1) is 16.3 Å². The molecule has 0 spiro atoms. The van der Waals surface area contributed by atoms with E-state index in [2.05, 4.69) is 10.2 Å². The second-order valence-corrected chi connectivity index (χ2v) is 3.81. The summed E-state index contributed by atoms with van der Waals surface area (Å²) in [5.41, 5.74) is 2.54. The average Bonchev–Trinajstić information content (AvgIpc) is 2.38. The number of aryl methyl sites for hydroxylation is 1. The van der Waals surface area contributed by atoms with E-state index in [0.29, 0.717) is 5.69 Å². The van der Waals surface area contributed by atoms with Gasteiger partial charge in [0, 0.05) is 12.1 Å². The van der Waals surface area contributed by atoms with Crippen LogP contribution in [-0.4, -0.2) is 4.92 Å². The molecule has 0 atom stereocenters. The van der Waals surface area contributed by atoms with Crippen LogP contribution in [0.4, 0.5) is 17.1 Å². The predicted molar refractivity (Wildman–Crippen MR) is 68.5 cm³/mol. The molecule has 0 aliphatic heterocycles. The van der Waals surface area contributed by atoms with Crippen LogP contribution in [0.25, 0.3) is 0 Å². The molecular weight excluding hydrogens is 230 g/mol. The van der Waals surface area contributed by atoms with Crippen LogP contribution in [0.3, 0.4) is 0 Å². The third kappa shape index (κ3) is 2.98. The van der Waals surface area contributed by atoms with Crippen LogP contribution >= 0.6 is 0 Å². The molecule has 0 saturated carbocycles. The van der Waals surface area contributed by atoms with Gasteiger partial charge in [0.2, 0.25) is 0 Å². The van der Waals surface area contributed by atoms with Gasteiger partial charge in [-0.3, -0.25) is 10.1 Å². The smallest absolute Gasteiger partial charge is 0.258 e. The van der Waals surface area contributed by atoms with E-state index >= 15 is 0 Å². The molecule has 0 fully saturated rings. The maximum Gasteiger partial charge on any atom is 0.269 e. The quantitative estimate of drug-likeness (QED) is 0.456. The number of nitro benzene ring substituents is 1. The minimum atomic E-state index is -0.444. The number of nitrogens with zero attached hydrogens (tertiary/aromatic N) is 3. The number of nitro groups is 1. The lowest BCUT2D eigenvalue weighted by molar-refractivity contribution is -0.384. The van der Waals surface area contributed by atoms with Gasteiger partial charge in [-0.2, -0.15) is 10.2 Å². The van der Waals surface area contributed by atoms with Gasteiger partial charge in [0.25, 0.3) is 5.69 Å². The van der Waals surface area contributed by atoms with Crippen molar-refractivity contribution in [1.82, 2.24) is 0 Å². The van der Waals surface area contributed by atoms with Crippen LogP contribution in [-0.2, 0) is 0 Å². The van der Waals surface area contributed by atoms with E-state index in [-0.39, 0.29) is 5.69 Å². The Kier molecular flexibility index (Phi) is 3.43. The molecule has 0 heterocycles. The highest BCUT2D eigenvalue weighted by Gasteiger charge is 2.02. The first kappa shape index (κ1) is 11.9. The first-order valence-corrected chi connectivity index (χ1v) is 5.38. The lowest BCUT2D eigenvalue weighted by Gasteiger charge is -1.94. The molecule has 2 aromatic rings. The van der Waals surface area contributed by atoms with Gasteiger partial charge in [-0.25, -0.2) is 0 Å². The summed E-state index contributed by atoms with van der Waals surface area (Å²) in [5, 5.41) is 18.5. The molecule has 0 bridgehead atoms. The van der Waals surface area contributed by atoms with Crippen LogP contribution in [0.15, 0.2) is 58.8 Å².